The molecule has 7 nitrogen and oxygen atoms in total. The minimum atomic E-state index is -0.285. The highest BCUT2D eigenvalue weighted by Crippen LogP contribution is 2.23. The minimum absolute atomic E-state index is 0.211. The zero-order chi connectivity index (χ0) is 20.1. The Bertz CT molecular complexity index is 1100. The lowest BCUT2D eigenvalue weighted by Crippen LogP contribution is -2.24. The number of aromatic nitrogens is 1. The molecular formula is C21H17N3O4S. The molecule has 8 heteroatoms. The molecule has 0 aliphatic rings. The van der Waals surface area contributed by atoms with Crippen molar-refractivity contribution in [3.05, 3.63) is 89.0 Å². The van der Waals surface area contributed by atoms with Crippen molar-refractivity contribution < 1.29 is 18.4 Å². The third-order valence-electron chi connectivity index (χ3n) is 4.11. The van der Waals surface area contributed by atoms with Gasteiger partial charge in [-0.3, -0.25) is 9.59 Å². The van der Waals surface area contributed by atoms with Gasteiger partial charge in [0.05, 0.1) is 19.1 Å². The summed E-state index contributed by atoms with van der Waals surface area (Å²) < 4.78 is 10.5. The molecule has 29 heavy (non-hydrogen) atoms. The van der Waals surface area contributed by atoms with Crippen LogP contribution in [0.1, 0.15) is 32.2 Å². The first-order chi connectivity index (χ1) is 14.2. The van der Waals surface area contributed by atoms with Crippen molar-refractivity contribution in [1.29, 1.82) is 0 Å². The largest absolute Gasteiger partial charge is 0.467 e. The van der Waals surface area contributed by atoms with Gasteiger partial charge in [-0.05, 0) is 42.0 Å². The molecule has 4 rings (SSSR count). The van der Waals surface area contributed by atoms with E-state index >= 15 is 0 Å². The predicted octanol–water partition coefficient (Wildman–Crippen LogP) is 3.86. The predicted molar refractivity (Wildman–Crippen MR) is 107 cm³/mol. The first-order valence-corrected chi connectivity index (χ1v) is 9.74. The van der Waals surface area contributed by atoms with Crippen molar-refractivity contribution in [2.24, 2.45) is 0 Å². The maximum atomic E-state index is 12.4. The lowest BCUT2D eigenvalue weighted by atomic mass is 10.1. The fourth-order valence-corrected chi connectivity index (χ4v) is 3.44. The highest BCUT2D eigenvalue weighted by Gasteiger charge is 2.13. The number of benzene rings is 1. The molecule has 0 aliphatic heterocycles. The van der Waals surface area contributed by atoms with Gasteiger partial charge in [-0.2, -0.15) is 0 Å². The molecule has 0 atom stereocenters. The van der Waals surface area contributed by atoms with Gasteiger partial charge in [0.2, 0.25) is 0 Å². The fourth-order valence-electron chi connectivity index (χ4n) is 2.67. The third kappa shape index (κ3) is 4.61. The van der Waals surface area contributed by atoms with Gasteiger partial charge in [-0.1, -0.05) is 12.1 Å². The highest BCUT2D eigenvalue weighted by molar-refractivity contribution is 7.13. The topological polar surface area (TPSA) is 97.4 Å². The van der Waals surface area contributed by atoms with E-state index in [-0.39, 0.29) is 18.4 Å². The molecule has 0 radical (unpaired) electrons. The van der Waals surface area contributed by atoms with Crippen molar-refractivity contribution in [3.8, 4) is 10.8 Å². The molecule has 146 valence electrons. The van der Waals surface area contributed by atoms with E-state index in [1.165, 1.54) is 11.3 Å². The molecule has 4 aromatic rings. The summed E-state index contributed by atoms with van der Waals surface area (Å²) in [6.07, 6.45) is 3.12. The molecule has 0 saturated heterocycles. The number of furan rings is 2. The number of nitrogens with one attached hydrogen (secondary N) is 2. The maximum Gasteiger partial charge on any atom is 0.271 e. The number of hydrogen-bond acceptors (Lipinski definition) is 6. The summed E-state index contributed by atoms with van der Waals surface area (Å²) in [5.41, 5.74) is 1.65. The van der Waals surface area contributed by atoms with Gasteiger partial charge in [0.1, 0.15) is 11.5 Å². The Hall–Kier alpha value is -3.65. The molecule has 0 bridgehead atoms. The average molecular weight is 407 g/mol. The lowest BCUT2D eigenvalue weighted by molar-refractivity contribution is 0.0941. The fraction of sp³-hybridized carbons (Fsp3) is 0.0952. The Morgan fingerprint density at radius 3 is 2.55 bits per heavy atom. The van der Waals surface area contributed by atoms with Gasteiger partial charge < -0.3 is 19.5 Å². The van der Waals surface area contributed by atoms with E-state index in [4.69, 9.17) is 8.83 Å². The van der Waals surface area contributed by atoms with Crippen LogP contribution in [0.2, 0.25) is 0 Å². The number of carbonyl (C=O) groups excluding carboxylic acids is 2. The van der Waals surface area contributed by atoms with Crippen LogP contribution in [-0.2, 0) is 13.1 Å². The van der Waals surface area contributed by atoms with Crippen LogP contribution in [0.4, 0.5) is 0 Å². The second kappa shape index (κ2) is 8.57. The van der Waals surface area contributed by atoms with Crippen molar-refractivity contribution in [1.82, 2.24) is 15.6 Å². The lowest BCUT2D eigenvalue weighted by Gasteiger charge is -2.07. The Kier molecular flexibility index (Phi) is 5.53. The highest BCUT2D eigenvalue weighted by atomic mass is 32.1. The van der Waals surface area contributed by atoms with Crippen LogP contribution in [0.25, 0.3) is 10.8 Å². The molecule has 2 amide bonds. The minimum Gasteiger partial charge on any atom is -0.467 e. The van der Waals surface area contributed by atoms with Crippen molar-refractivity contribution in [2.75, 3.05) is 0 Å². The monoisotopic (exact) mass is 407 g/mol. The van der Waals surface area contributed by atoms with E-state index in [9.17, 15) is 9.59 Å². The number of carbonyl (C=O) groups is 2. The van der Waals surface area contributed by atoms with Crippen LogP contribution < -0.4 is 10.6 Å². The van der Waals surface area contributed by atoms with Crippen molar-refractivity contribution >= 4 is 23.2 Å². The zero-order valence-corrected chi connectivity index (χ0v) is 16.1. The summed E-state index contributed by atoms with van der Waals surface area (Å²) in [5.74, 6) is 0.810. The second-order valence-electron chi connectivity index (χ2n) is 6.16. The van der Waals surface area contributed by atoms with Gasteiger partial charge in [0, 0.05) is 17.5 Å². The number of hydrogen-bond donors (Lipinski definition) is 2. The van der Waals surface area contributed by atoms with Crippen LogP contribution in [0.15, 0.2) is 75.3 Å². The first-order valence-electron chi connectivity index (χ1n) is 8.86. The van der Waals surface area contributed by atoms with Crippen LogP contribution in [0.3, 0.4) is 0 Å². The Balaban J connectivity index is 1.34. The zero-order valence-electron chi connectivity index (χ0n) is 15.3. The van der Waals surface area contributed by atoms with E-state index in [2.05, 4.69) is 15.6 Å². The van der Waals surface area contributed by atoms with Gasteiger partial charge in [0.25, 0.3) is 11.8 Å². The van der Waals surface area contributed by atoms with Crippen molar-refractivity contribution in [3.63, 3.8) is 0 Å². The Labute approximate surface area is 170 Å². The standard InChI is InChI=1S/C21H17N3O4S/c25-19(23-12-16-6-2-8-27-16)15-5-1-4-14(10-15)11-22-20(26)17-13-29-21(24-17)18-7-3-9-28-18/h1-10,13H,11-12H2,(H,22,26)(H,23,25). The Morgan fingerprint density at radius 1 is 0.931 bits per heavy atom. The summed E-state index contributed by atoms with van der Waals surface area (Å²) in [7, 11) is 0. The summed E-state index contributed by atoms with van der Waals surface area (Å²) in [6.45, 7) is 0.598. The smallest absolute Gasteiger partial charge is 0.271 e. The molecule has 0 unspecified atom stereocenters. The SMILES string of the molecule is O=C(NCc1ccco1)c1cccc(CNC(=O)c2csc(-c3ccco3)n2)c1. The number of thiazole rings is 1. The quantitative estimate of drug-likeness (QED) is 0.485. The molecule has 0 spiro atoms. The average Bonchev–Trinajstić information content (AvgIpc) is 3.51. The first kappa shape index (κ1) is 18.7. The van der Waals surface area contributed by atoms with Gasteiger partial charge in [-0.25, -0.2) is 4.98 Å². The van der Waals surface area contributed by atoms with E-state index in [0.29, 0.717) is 34.3 Å². The molecule has 0 fully saturated rings. The maximum absolute atomic E-state index is 12.4. The Morgan fingerprint density at radius 2 is 1.76 bits per heavy atom. The van der Waals surface area contributed by atoms with E-state index < -0.39 is 0 Å². The van der Waals surface area contributed by atoms with E-state index in [1.54, 1.807) is 60.4 Å². The summed E-state index contributed by atoms with van der Waals surface area (Å²) in [5, 5.41) is 7.95. The molecule has 3 heterocycles. The summed E-state index contributed by atoms with van der Waals surface area (Å²) >= 11 is 1.34. The van der Waals surface area contributed by atoms with Crippen LogP contribution >= 0.6 is 11.3 Å². The van der Waals surface area contributed by atoms with E-state index in [0.717, 1.165) is 5.56 Å². The van der Waals surface area contributed by atoms with Crippen LogP contribution in [0.5, 0.6) is 0 Å². The molecular weight excluding hydrogens is 390 g/mol. The van der Waals surface area contributed by atoms with Gasteiger partial charge in [-0.15, -0.1) is 11.3 Å². The third-order valence-corrected chi connectivity index (χ3v) is 4.97. The van der Waals surface area contributed by atoms with Crippen LogP contribution in [-0.4, -0.2) is 16.8 Å². The molecule has 0 aliphatic carbocycles. The molecule has 2 N–H and O–H groups in total. The summed E-state index contributed by atoms with van der Waals surface area (Å²) in [4.78, 5) is 29.0. The van der Waals surface area contributed by atoms with Crippen molar-refractivity contribution in [2.45, 2.75) is 13.1 Å². The van der Waals surface area contributed by atoms with E-state index in [1.807, 2.05) is 6.07 Å². The molecule has 0 saturated carbocycles. The molecule has 1 aromatic carbocycles. The number of amides is 2. The normalized spacial score (nSPS) is 10.6. The number of rotatable bonds is 7. The number of nitrogens with zero attached hydrogens (tertiary/aromatic N) is 1. The second-order valence-corrected chi connectivity index (χ2v) is 7.02. The van der Waals surface area contributed by atoms with Crippen LogP contribution in [0, 0.1) is 0 Å². The van der Waals surface area contributed by atoms with Gasteiger partial charge >= 0.3 is 0 Å². The van der Waals surface area contributed by atoms with Gasteiger partial charge in [0.15, 0.2) is 10.8 Å². The molecule has 3 aromatic heterocycles. The summed E-state index contributed by atoms with van der Waals surface area (Å²) in [6, 6.07) is 14.2.